The van der Waals surface area contributed by atoms with Crippen molar-refractivity contribution in [3.05, 3.63) is 48.0 Å². The van der Waals surface area contributed by atoms with Gasteiger partial charge in [0.2, 0.25) is 5.95 Å². The average molecular weight is 228 g/mol. The van der Waals surface area contributed by atoms with Crippen molar-refractivity contribution in [2.75, 3.05) is 5.32 Å². The summed E-state index contributed by atoms with van der Waals surface area (Å²) in [4.78, 5) is 4.38. The van der Waals surface area contributed by atoms with E-state index in [1.54, 1.807) is 17.0 Å². The molecule has 3 aromatic rings. The molecule has 86 valence electrons. The summed E-state index contributed by atoms with van der Waals surface area (Å²) in [5.41, 5.74) is 3.09. The number of aryl methyl sites for hydroxylation is 1. The van der Waals surface area contributed by atoms with Crippen LogP contribution in [-0.2, 0) is 6.54 Å². The van der Waals surface area contributed by atoms with Crippen LogP contribution in [0.4, 0.5) is 5.95 Å². The number of fused-ring (bicyclic) bond motifs is 1. The van der Waals surface area contributed by atoms with Gasteiger partial charge in [0.25, 0.3) is 0 Å². The minimum absolute atomic E-state index is 0.622. The summed E-state index contributed by atoms with van der Waals surface area (Å²) in [5.74, 6) is 0.622. The first-order valence-corrected chi connectivity index (χ1v) is 5.39. The molecule has 0 atom stereocenters. The summed E-state index contributed by atoms with van der Waals surface area (Å²) in [6, 6.07) is 5.91. The van der Waals surface area contributed by atoms with Crippen molar-refractivity contribution >= 4 is 11.6 Å². The average Bonchev–Trinajstić information content (AvgIpc) is 2.94. The second-order valence-electron chi connectivity index (χ2n) is 3.93. The van der Waals surface area contributed by atoms with Gasteiger partial charge in [-0.1, -0.05) is 0 Å². The maximum absolute atomic E-state index is 4.99. The number of nitrogens with zero attached hydrogens (tertiary/aromatic N) is 3. The second-order valence-corrected chi connectivity index (χ2v) is 3.93. The van der Waals surface area contributed by atoms with Crippen LogP contribution in [0.15, 0.2) is 41.3 Å². The summed E-state index contributed by atoms with van der Waals surface area (Å²) < 4.78 is 6.75. The summed E-state index contributed by atoms with van der Waals surface area (Å²) in [6.45, 7) is 2.69. The molecule has 3 heterocycles. The predicted molar refractivity (Wildman–Crippen MR) is 63.8 cm³/mol. The fourth-order valence-corrected chi connectivity index (χ4v) is 1.63. The van der Waals surface area contributed by atoms with Gasteiger partial charge in [0.1, 0.15) is 0 Å². The minimum Gasteiger partial charge on any atom is -0.472 e. The molecule has 3 aromatic heterocycles. The Balaban J connectivity index is 1.81. The van der Waals surface area contributed by atoms with Crippen LogP contribution in [0.5, 0.6) is 0 Å². The van der Waals surface area contributed by atoms with E-state index in [0.717, 1.165) is 11.2 Å². The van der Waals surface area contributed by atoms with Crippen LogP contribution in [0.3, 0.4) is 0 Å². The van der Waals surface area contributed by atoms with Gasteiger partial charge >= 0.3 is 0 Å². The van der Waals surface area contributed by atoms with Crippen molar-refractivity contribution in [3.63, 3.8) is 0 Å². The van der Waals surface area contributed by atoms with Gasteiger partial charge in [0, 0.05) is 18.3 Å². The first-order chi connectivity index (χ1) is 8.31. The van der Waals surface area contributed by atoms with E-state index >= 15 is 0 Å². The molecule has 0 unspecified atom stereocenters. The van der Waals surface area contributed by atoms with E-state index in [1.807, 2.05) is 31.3 Å². The number of rotatable bonds is 3. The monoisotopic (exact) mass is 228 g/mol. The maximum atomic E-state index is 4.99. The SMILES string of the molecule is Cc1ccn2nc(NCc3ccoc3)nc2c1. The summed E-state index contributed by atoms with van der Waals surface area (Å²) >= 11 is 0. The highest BCUT2D eigenvalue weighted by Gasteiger charge is 2.03. The molecule has 5 nitrogen and oxygen atoms in total. The molecular weight excluding hydrogens is 216 g/mol. The smallest absolute Gasteiger partial charge is 0.243 e. The lowest BCUT2D eigenvalue weighted by Crippen LogP contribution is -1.99. The zero-order chi connectivity index (χ0) is 11.7. The number of hydrogen-bond acceptors (Lipinski definition) is 4. The topological polar surface area (TPSA) is 55.4 Å². The zero-order valence-electron chi connectivity index (χ0n) is 9.42. The molecule has 0 spiro atoms. The van der Waals surface area contributed by atoms with Crippen molar-refractivity contribution in [2.24, 2.45) is 0 Å². The quantitative estimate of drug-likeness (QED) is 0.747. The molecule has 5 heteroatoms. The molecule has 0 aromatic carbocycles. The van der Waals surface area contributed by atoms with Crippen molar-refractivity contribution in [1.29, 1.82) is 0 Å². The van der Waals surface area contributed by atoms with E-state index < -0.39 is 0 Å². The van der Waals surface area contributed by atoms with Gasteiger partial charge in [-0.3, -0.25) is 0 Å². The van der Waals surface area contributed by atoms with E-state index in [0.29, 0.717) is 12.5 Å². The Morgan fingerprint density at radius 1 is 1.41 bits per heavy atom. The summed E-state index contributed by atoms with van der Waals surface area (Å²) in [5, 5.41) is 7.47. The normalized spacial score (nSPS) is 10.9. The molecule has 0 fully saturated rings. The maximum Gasteiger partial charge on any atom is 0.243 e. The first kappa shape index (κ1) is 9.89. The number of nitrogens with one attached hydrogen (secondary N) is 1. The Kier molecular flexibility index (Phi) is 2.29. The fraction of sp³-hybridized carbons (Fsp3) is 0.167. The third kappa shape index (κ3) is 1.99. The highest BCUT2D eigenvalue weighted by atomic mass is 16.3. The number of pyridine rings is 1. The molecule has 0 amide bonds. The summed E-state index contributed by atoms with van der Waals surface area (Å²) in [7, 11) is 0. The van der Waals surface area contributed by atoms with E-state index in [1.165, 1.54) is 5.56 Å². The second kappa shape index (κ2) is 3.93. The molecule has 0 bridgehead atoms. The molecule has 0 saturated carbocycles. The van der Waals surface area contributed by atoms with Crippen molar-refractivity contribution in [1.82, 2.24) is 14.6 Å². The van der Waals surface area contributed by atoms with Gasteiger partial charge < -0.3 is 9.73 Å². The van der Waals surface area contributed by atoms with Crippen LogP contribution in [-0.4, -0.2) is 14.6 Å². The van der Waals surface area contributed by atoms with Crippen LogP contribution in [0, 0.1) is 6.92 Å². The molecule has 0 aliphatic carbocycles. The molecule has 0 saturated heterocycles. The molecular formula is C12H12N4O. The Morgan fingerprint density at radius 2 is 2.35 bits per heavy atom. The largest absolute Gasteiger partial charge is 0.472 e. The van der Waals surface area contributed by atoms with Crippen molar-refractivity contribution in [3.8, 4) is 0 Å². The van der Waals surface area contributed by atoms with Gasteiger partial charge in [-0.2, -0.15) is 4.98 Å². The molecule has 0 aliphatic rings. The lowest BCUT2D eigenvalue weighted by Gasteiger charge is -1.96. The summed E-state index contributed by atoms with van der Waals surface area (Å²) in [6.07, 6.45) is 5.26. The third-order valence-electron chi connectivity index (χ3n) is 2.52. The lowest BCUT2D eigenvalue weighted by molar-refractivity contribution is 0.564. The molecule has 3 rings (SSSR count). The number of aromatic nitrogens is 3. The molecule has 0 aliphatic heterocycles. The predicted octanol–water partition coefficient (Wildman–Crippen LogP) is 2.24. The Hall–Kier alpha value is -2.30. The first-order valence-electron chi connectivity index (χ1n) is 5.39. The van der Waals surface area contributed by atoms with E-state index in [9.17, 15) is 0 Å². The Labute approximate surface area is 98.1 Å². The number of furan rings is 1. The standard InChI is InChI=1S/C12H12N4O/c1-9-2-4-16-11(6-9)14-12(15-16)13-7-10-3-5-17-8-10/h2-6,8H,7H2,1H3,(H,13,15). The number of hydrogen-bond donors (Lipinski definition) is 1. The highest BCUT2D eigenvalue weighted by molar-refractivity contribution is 5.45. The van der Waals surface area contributed by atoms with Gasteiger partial charge in [-0.05, 0) is 30.7 Å². The van der Waals surface area contributed by atoms with Gasteiger partial charge in [-0.15, -0.1) is 5.10 Å². The molecule has 0 radical (unpaired) electrons. The van der Waals surface area contributed by atoms with Crippen LogP contribution in [0.2, 0.25) is 0 Å². The van der Waals surface area contributed by atoms with Crippen LogP contribution >= 0.6 is 0 Å². The Bertz CT molecular complexity index is 627. The van der Waals surface area contributed by atoms with Crippen molar-refractivity contribution in [2.45, 2.75) is 13.5 Å². The Morgan fingerprint density at radius 3 is 3.18 bits per heavy atom. The van der Waals surface area contributed by atoms with E-state index in [2.05, 4.69) is 15.4 Å². The zero-order valence-corrected chi connectivity index (χ0v) is 9.42. The fourth-order valence-electron chi connectivity index (χ4n) is 1.63. The third-order valence-corrected chi connectivity index (χ3v) is 2.52. The van der Waals surface area contributed by atoms with Gasteiger partial charge in [0.05, 0.1) is 12.5 Å². The minimum atomic E-state index is 0.622. The van der Waals surface area contributed by atoms with Crippen LogP contribution < -0.4 is 5.32 Å². The lowest BCUT2D eigenvalue weighted by atomic mass is 10.3. The van der Waals surface area contributed by atoms with Crippen LogP contribution in [0.1, 0.15) is 11.1 Å². The molecule has 17 heavy (non-hydrogen) atoms. The number of anilines is 1. The van der Waals surface area contributed by atoms with Gasteiger partial charge in [-0.25, -0.2) is 4.52 Å². The van der Waals surface area contributed by atoms with Gasteiger partial charge in [0.15, 0.2) is 5.65 Å². The van der Waals surface area contributed by atoms with Crippen molar-refractivity contribution < 1.29 is 4.42 Å². The van der Waals surface area contributed by atoms with E-state index in [-0.39, 0.29) is 0 Å². The highest BCUT2D eigenvalue weighted by Crippen LogP contribution is 2.09. The van der Waals surface area contributed by atoms with Crippen LogP contribution in [0.25, 0.3) is 5.65 Å². The van der Waals surface area contributed by atoms with E-state index in [4.69, 9.17) is 4.42 Å². The molecule has 1 N–H and O–H groups in total.